The molecule has 1 saturated heterocycles. The summed E-state index contributed by atoms with van der Waals surface area (Å²) in [6.45, 7) is 6.11. The largest absolute Gasteiger partial charge is 0.493 e. The van der Waals surface area contributed by atoms with E-state index in [0.29, 0.717) is 5.78 Å². The number of carbonyl (C=O) groups excluding carboxylic acids is 1. The van der Waals surface area contributed by atoms with Crippen molar-refractivity contribution in [2.75, 3.05) is 26.2 Å². The topological polar surface area (TPSA) is 29.5 Å². The van der Waals surface area contributed by atoms with Gasteiger partial charge in [-0.1, -0.05) is 19.8 Å². The first-order chi connectivity index (χ1) is 10.8. The van der Waals surface area contributed by atoms with Crippen LogP contribution in [0.3, 0.4) is 0 Å². The van der Waals surface area contributed by atoms with Gasteiger partial charge in [-0.3, -0.25) is 4.79 Å². The summed E-state index contributed by atoms with van der Waals surface area (Å²) in [6.07, 6.45) is 7.09. The van der Waals surface area contributed by atoms with E-state index in [2.05, 4.69) is 17.9 Å². The van der Waals surface area contributed by atoms with Gasteiger partial charge in [0.1, 0.15) is 5.75 Å². The van der Waals surface area contributed by atoms with Gasteiger partial charge in [0, 0.05) is 24.4 Å². The maximum absolute atomic E-state index is 12.9. The normalized spacial score (nSPS) is 19.2. The van der Waals surface area contributed by atoms with Crippen LogP contribution in [0.2, 0.25) is 0 Å². The van der Waals surface area contributed by atoms with Gasteiger partial charge in [0.25, 0.3) is 0 Å². The molecule has 128 valence electrons. The predicted molar refractivity (Wildman–Crippen MR) is 95.9 cm³/mol. The number of carbonyl (C=O) groups is 1. The zero-order valence-electron chi connectivity index (χ0n) is 14.1. The molecule has 0 saturated carbocycles. The molecule has 3 rings (SSSR count). The maximum Gasteiger partial charge on any atom is 0.167 e. The van der Waals surface area contributed by atoms with E-state index in [1.807, 2.05) is 12.1 Å². The molecule has 2 aliphatic rings. The second-order valence-corrected chi connectivity index (χ2v) is 6.61. The van der Waals surface area contributed by atoms with Crippen LogP contribution < -0.4 is 4.74 Å². The molecule has 2 aliphatic heterocycles. The number of hydrogen-bond acceptors (Lipinski definition) is 3. The third kappa shape index (κ3) is 4.48. The summed E-state index contributed by atoms with van der Waals surface area (Å²) < 4.78 is 5.54. The van der Waals surface area contributed by atoms with Gasteiger partial charge in [0.2, 0.25) is 0 Å². The lowest BCUT2D eigenvalue weighted by atomic mass is 9.93. The van der Waals surface area contributed by atoms with Crippen molar-refractivity contribution in [1.82, 2.24) is 4.90 Å². The molecule has 1 fully saturated rings. The van der Waals surface area contributed by atoms with Crippen molar-refractivity contribution in [3.8, 4) is 5.75 Å². The number of hydrogen-bond donors (Lipinski definition) is 0. The van der Waals surface area contributed by atoms with E-state index < -0.39 is 0 Å². The molecule has 0 aliphatic carbocycles. The van der Waals surface area contributed by atoms with Crippen molar-refractivity contribution < 1.29 is 9.53 Å². The Hall–Kier alpha value is -1.06. The van der Waals surface area contributed by atoms with E-state index >= 15 is 0 Å². The lowest BCUT2D eigenvalue weighted by Gasteiger charge is -2.25. The second kappa shape index (κ2) is 8.70. The average Bonchev–Trinajstić information content (AvgIpc) is 2.86. The van der Waals surface area contributed by atoms with E-state index in [9.17, 15) is 4.79 Å². The molecule has 23 heavy (non-hydrogen) atoms. The minimum atomic E-state index is 0. The monoisotopic (exact) mass is 337 g/mol. The maximum atomic E-state index is 12.9. The molecule has 0 spiro atoms. The lowest BCUT2D eigenvalue weighted by Crippen LogP contribution is -2.33. The Kier molecular flexibility index (Phi) is 6.91. The molecule has 0 N–H and O–H groups in total. The Morgan fingerprint density at radius 2 is 1.96 bits per heavy atom. The smallest absolute Gasteiger partial charge is 0.167 e. The first kappa shape index (κ1) is 18.3. The molecule has 0 aromatic heterocycles. The number of ether oxygens (including phenoxy) is 1. The fraction of sp³-hybridized carbons (Fsp3) is 0.632. The first-order valence-corrected chi connectivity index (χ1v) is 8.80. The Balaban J connectivity index is 0.00000192. The van der Waals surface area contributed by atoms with Crippen molar-refractivity contribution in [2.24, 2.45) is 5.92 Å². The minimum Gasteiger partial charge on any atom is -0.493 e. The number of benzene rings is 1. The number of fused-ring (bicyclic) bond motifs is 1. The van der Waals surface area contributed by atoms with Crippen LogP contribution >= 0.6 is 12.4 Å². The average molecular weight is 338 g/mol. The number of nitrogens with zero attached hydrogens (tertiary/aromatic N) is 1. The summed E-state index contributed by atoms with van der Waals surface area (Å²) >= 11 is 0. The predicted octanol–water partition coefficient (Wildman–Crippen LogP) is 4.13. The molecule has 0 radical (unpaired) electrons. The number of likely N-dealkylation sites (tertiary alicyclic amines) is 1. The molecule has 1 aromatic carbocycles. The SMILES string of the molecule is CCC(CN1CCCCCC1)C(=O)c1ccc2c(c1)CCO2.Cl. The summed E-state index contributed by atoms with van der Waals surface area (Å²) in [5.74, 6) is 1.39. The van der Waals surface area contributed by atoms with Gasteiger partial charge in [0.05, 0.1) is 6.61 Å². The van der Waals surface area contributed by atoms with Gasteiger partial charge in [-0.25, -0.2) is 0 Å². The highest BCUT2D eigenvalue weighted by molar-refractivity contribution is 5.98. The molecule has 1 atom stereocenters. The highest BCUT2D eigenvalue weighted by atomic mass is 35.5. The fourth-order valence-corrected chi connectivity index (χ4v) is 3.60. The van der Waals surface area contributed by atoms with E-state index in [1.54, 1.807) is 0 Å². The summed E-state index contributed by atoms with van der Waals surface area (Å²) in [4.78, 5) is 15.4. The van der Waals surface area contributed by atoms with Crippen LogP contribution in [0.1, 0.15) is 54.9 Å². The van der Waals surface area contributed by atoms with Crippen LogP contribution in [0.4, 0.5) is 0 Å². The Morgan fingerprint density at radius 3 is 2.65 bits per heavy atom. The van der Waals surface area contributed by atoms with Crippen molar-refractivity contribution in [3.63, 3.8) is 0 Å². The Labute approximate surface area is 145 Å². The van der Waals surface area contributed by atoms with Gasteiger partial charge in [-0.15, -0.1) is 12.4 Å². The standard InChI is InChI=1S/C19H27NO2.ClH/c1-2-15(14-20-10-5-3-4-6-11-20)19(21)17-7-8-18-16(13-17)9-12-22-18;/h7-8,13,15H,2-6,9-12,14H2,1H3;1H. The van der Waals surface area contributed by atoms with Crippen LogP contribution in [-0.2, 0) is 6.42 Å². The van der Waals surface area contributed by atoms with Crippen molar-refractivity contribution in [2.45, 2.75) is 45.4 Å². The van der Waals surface area contributed by atoms with E-state index in [-0.39, 0.29) is 18.3 Å². The molecule has 0 amide bonds. The quantitative estimate of drug-likeness (QED) is 0.757. The zero-order chi connectivity index (χ0) is 15.4. The van der Waals surface area contributed by atoms with Gasteiger partial charge in [0.15, 0.2) is 5.78 Å². The number of ketones is 1. The Bertz CT molecular complexity index is 524. The van der Waals surface area contributed by atoms with Crippen LogP contribution in [0.5, 0.6) is 5.75 Å². The molecule has 0 bridgehead atoms. The second-order valence-electron chi connectivity index (χ2n) is 6.61. The lowest BCUT2D eigenvalue weighted by molar-refractivity contribution is 0.0877. The molecule has 4 heteroatoms. The van der Waals surface area contributed by atoms with Gasteiger partial charge in [-0.2, -0.15) is 0 Å². The molecular weight excluding hydrogens is 310 g/mol. The summed E-state index contributed by atoms with van der Waals surface area (Å²) in [7, 11) is 0. The summed E-state index contributed by atoms with van der Waals surface area (Å²) in [6, 6.07) is 5.96. The van der Waals surface area contributed by atoms with E-state index in [1.165, 1.54) is 31.2 Å². The van der Waals surface area contributed by atoms with Crippen molar-refractivity contribution >= 4 is 18.2 Å². The van der Waals surface area contributed by atoms with Gasteiger partial charge in [-0.05, 0) is 56.1 Å². The molecule has 3 nitrogen and oxygen atoms in total. The highest BCUT2D eigenvalue weighted by Gasteiger charge is 2.23. The number of Topliss-reactive ketones (excluding diaryl/α,β-unsaturated/α-hetero) is 1. The van der Waals surface area contributed by atoms with E-state index in [4.69, 9.17) is 4.74 Å². The third-order valence-corrected chi connectivity index (χ3v) is 5.01. The van der Waals surface area contributed by atoms with Crippen LogP contribution in [-0.4, -0.2) is 36.9 Å². The van der Waals surface area contributed by atoms with E-state index in [0.717, 1.165) is 50.4 Å². The fourth-order valence-electron chi connectivity index (χ4n) is 3.60. The molecule has 1 aromatic rings. The van der Waals surface area contributed by atoms with Crippen molar-refractivity contribution in [3.05, 3.63) is 29.3 Å². The van der Waals surface area contributed by atoms with Gasteiger partial charge >= 0.3 is 0 Å². The Morgan fingerprint density at radius 1 is 1.22 bits per heavy atom. The molecular formula is C19H28ClNO2. The highest BCUT2D eigenvalue weighted by Crippen LogP contribution is 2.27. The zero-order valence-corrected chi connectivity index (χ0v) is 14.9. The van der Waals surface area contributed by atoms with Crippen molar-refractivity contribution in [1.29, 1.82) is 0 Å². The number of halogens is 1. The summed E-state index contributed by atoms with van der Waals surface area (Å²) in [5.41, 5.74) is 2.06. The molecule has 1 unspecified atom stereocenters. The summed E-state index contributed by atoms with van der Waals surface area (Å²) in [5, 5.41) is 0. The van der Waals surface area contributed by atoms with Crippen LogP contribution in [0.15, 0.2) is 18.2 Å². The third-order valence-electron chi connectivity index (χ3n) is 5.01. The minimum absolute atomic E-state index is 0. The molecule has 2 heterocycles. The van der Waals surface area contributed by atoms with Crippen LogP contribution in [0, 0.1) is 5.92 Å². The van der Waals surface area contributed by atoms with Crippen LogP contribution in [0.25, 0.3) is 0 Å². The van der Waals surface area contributed by atoms with Gasteiger partial charge < -0.3 is 9.64 Å². The number of rotatable bonds is 5. The first-order valence-electron chi connectivity index (χ1n) is 8.80.